The number of anilines is 1. The largest absolute Gasteiger partial charge is 0.387 e. The molecule has 0 radical (unpaired) electrons. The van der Waals surface area contributed by atoms with Crippen molar-refractivity contribution < 1.29 is 33.6 Å². The molecule has 6 N–H and O–H groups in total. The summed E-state index contributed by atoms with van der Waals surface area (Å²) in [7, 11) is -6.67. The highest BCUT2D eigenvalue weighted by Gasteiger charge is 2.44. The van der Waals surface area contributed by atoms with Crippen LogP contribution in [0.15, 0.2) is 12.7 Å². The van der Waals surface area contributed by atoms with Gasteiger partial charge in [0.25, 0.3) is 0 Å². The van der Waals surface area contributed by atoms with E-state index in [0.717, 1.165) is 0 Å². The summed E-state index contributed by atoms with van der Waals surface area (Å²) in [5.74, 6) is 0.175. The number of hydrogen-bond acceptors (Lipinski definition) is 11. The first-order valence-corrected chi connectivity index (χ1v) is 11.7. The van der Waals surface area contributed by atoms with Crippen LogP contribution in [0.2, 0.25) is 0 Å². The first-order valence-electron chi connectivity index (χ1n) is 7.69. The van der Waals surface area contributed by atoms with Crippen molar-refractivity contribution in [2.24, 2.45) is 0 Å². The van der Waals surface area contributed by atoms with Crippen LogP contribution in [-0.2, 0) is 13.6 Å². The molecule has 0 spiro atoms. The Morgan fingerprint density at radius 3 is 2.63 bits per heavy atom. The monoisotopic (exact) mass is 421 g/mol. The summed E-state index contributed by atoms with van der Waals surface area (Å²) < 4.78 is 17.6. The summed E-state index contributed by atoms with van der Waals surface area (Å²) in [6, 6.07) is 0. The van der Waals surface area contributed by atoms with Gasteiger partial charge < -0.3 is 35.0 Å². The molecule has 3 heterocycles. The standard InChI is InChI=1S/C13H21N5O7P2/c1-26(2,25-27(3,21)22)23-4-7-9(19)10(20)13(24-7)18-6-17-8-11(14)15-5-16-12(8)18/h5-7,9-10,13,19-22H,1,3-4H2,2H3,(H2,14,15,16). The zero-order valence-corrected chi connectivity index (χ0v) is 16.1. The van der Waals surface area contributed by atoms with E-state index in [1.165, 1.54) is 23.9 Å². The SMILES string of the molecule is C=P(O)(O)OP(=C)(C)OCC1OC(n2cnc3c(N)ncnc32)C(O)C1O. The smallest absolute Gasteiger partial charge is 0.250 e. The fourth-order valence-electron chi connectivity index (χ4n) is 2.68. The molecule has 2 aromatic rings. The molecule has 1 saturated heterocycles. The molecule has 0 aromatic carbocycles. The zero-order valence-electron chi connectivity index (χ0n) is 14.4. The Labute approximate surface area is 154 Å². The third-order valence-corrected chi connectivity index (χ3v) is 6.94. The lowest BCUT2D eigenvalue weighted by Crippen LogP contribution is -2.33. The number of ether oxygens (including phenoxy) is 1. The van der Waals surface area contributed by atoms with Crippen molar-refractivity contribution in [1.82, 2.24) is 19.5 Å². The van der Waals surface area contributed by atoms with Gasteiger partial charge in [0.1, 0.15) is 37.5 Å². The van der Waals surface area contributed by atoms with Crippen molar-refractivity contribution in [2.45, 2.75) is 24.5 Å². The second kappa shape index (κ2) is 7.25. The van der Waals surface area contributed by atoms with Crippen LogP contribution in [0.3, 0.4) is 0 Å². The maximum absolute atomic E-state index is 10.4. The van der Waals surface area contributed by atoms with Gasteiger partial charge in [-0.2, -0.15) is 0 Å². The number of imidazole rings is 1. The van der Waals surface area contributed by atoms with E-state index in [2.05, 4.69) is 27.6 Å². The van der Waals surface area contributed by atoms with Crippen LogP contribution in [0.4, 0.5) is 5.82 Å². The number of nitrogens with zero attached hydrogens (tertiary/aromatic N) is 4. The second-order valence-corrected chi connectivity index (χ2v) is 10.5. The number of aliphatic hydroxyl groups excluding tert-OH is 2. The van der Waals surface area contributed by atoms with Gasteiger partial charge in [0.15, 0.2) is 17.7 Å². The molecule has 1 fully saturated rings. The van der Waals surface area contributed by atoms with Gasteiger partial charge in [0.2, 0.25) is 7.57 Å². The molecule has 150 valence electrons. The lowest BCUT2D eigenvalue weighted by Gasteiger charge is -2.25. The lowest BCUT2D eigenvalue weighted by molar-refractivity contribution is -0.0472. The first-order chi connectivity index (χ1) is 12.5. The van der Waals surface area contributed by atoms with Gasteiger partial charge in [-0.15, -0.1) is 0 Å². The molecule has 2 aromatic heterocycles. The molecule has 0 aliphatic carbocycles. The summed E-state index contributed by atoms with van der Waals surface area (Å²) in [4.78, 5) is 30.7. The highest BCUT2D eigenvalue weighted by molar-refractivity contribution is 7.73. The number of fused-ring (bicyclic) bond motifs is 1. The number of nitrogens with two attached hydrogens (primary N) is 1. The maximum atomic E-state index is 10.4. The Morgan fingerprint density at radius 1 is 1.26 bits per heavy atom. The maximum Gasteiger partial charge on any atom is 0.250 e. The highest BCUT2D eigenvalue weighted by Crippen LogP contribution is 2.57. The van der Waals surface area contributed by atoms with Gasteiger partial charge in [-0.05, 0) is 6.30 Å². The minimum absolute atomic E-state index is 0.175. The van der Waals surface area contributed by atoms with Crippen LogP contribution in [0, 0.1) is 0 Å². The van der Waals surface area contributed by atoms with Gasteiger partial charge in [-0.3, -0.25) is 8.88 Å². The Bertz CT molecular complexity index is 931. The van der Waals surface area contributed by atoms with Crippen molar-refractivity contribution >= 4 is 44.5 Å². The van der Waals surface area contributed by atoms with E-state index in [4.69, 9.17) is 19.3 Å². The molecular formula is C13H21N5O7P2. The average molecular weight is 421 g/mol. The van der Waals surface area contributed by atoms with E-state index in [1.54, 1.807) is 0 Å². The lowest BCUT2D eigenvalue weighted by atomic mass is 10.1. The van der Waals surface area contributed by atoms with Gasteiger partial charge in [-0.1, -0.05) is 6.30 Å². The van der Waals surface area contributed by atoms with Crippen molar-refractivity contribution in [1.29, 1.82) is 0 Å². The molecule has 5 atom stereocenters. The third kappa shape index (κ3) is 4.40. The van der Waals surface area contributed by atoms with Gasteiger partial charge in [-0.25, -0.2) is 15.0 Å². The summed E-state index contributed by atoms with van der Waals surface area (Å²) in [6.07, 6.45) is 4.90. The van der Waals surface area contributed by atoms with Gasteiger partial charge >= 0.3 is 0 Å². The van der Waals surface area contributed by atoms with Crippen LogP contribution in [0.5, 0.6) is 0 Å². The van der Waals surface area contributed by atoms with E-state index < -0.39 is 39.4 Å². The summed E-state index contributed by atoms with van der Waals surface area (Å²) in [5, 5.41) is 20.7. The molecule has 3 rings (SSSR count). The molecule has 1 aliphatic rings. The molecule has 1 aliphatic heterocycles. The number of hydrogen-bond donors (Lipinski definition) is 5. The van der Waals surface area contributed by atoms with Crippen LogP contribution >= 0.6 is 14.9 Å². The molecule has 0 amide bonds. The van der Waals surface area contributed by atoms with E-state index >= 15 is 0 Å². The van der Waals surface area contributed by atoms with E-state index in [-0.39, 0.29) is 12.4 Å². The summed E-state index contributed by atoms with van der Waals surface area (Å²) in [5.41, 5.74) is 6.42. The minimum Gasteiger partial charge on any atom is -0.387 e. The number of aliphatic hydroxyl groups is 2. The minimum atomic E-state index is -3.79. The normalized spacial score (nSPS) is 28.5. The molecule has 14 heteroatoms. The topological polar surface area (TPSA) is 178 Å². The fourth-order valence-corrected chi connectivity index (χ4v) is 5.55. The molecule has 12 nitrogen and oxygen atoms in total. The Balaban J connectivity index is 1.75. The molecule has 27 heavy (non-hydrogen) atoms. The van der Waals surface area contributed by atoms with Crippen molar-refractivity contribution in [2.75, 3.05) is 19.0 Å². The highest BCUT2D eigenvalue weighted by atomic mass is 31.3. The predicted octanol–water partition coefficient (Wildman–Crippen LogP) is -0.851. The van der Waals surface area contributed by atoms with Crippen LogP contribution < -0.4 is 5.73 Å². The van der Waals surface area contributed by atoms with Crippen molar-refractivity contribution in [3.8, 4) is 0 Å². The second-order valence-electron chi connectivity index (χ2n) is 6.19. The Morgan fingerprint density at radius 2 is 1.96 bits per heavy atom. The van der Waals surface area contributed by atoms with Crippen molar-refractivity contribution in [3.05, 3.63) is 12.7 Å². The van der Waals surface area contributed by atoms with Crippen LogP contribution in [0.1, 0.15) is 6.23 Å². The first kappa shape index (κ1) is 20.4. The van der Waals surface area contributed by atoms with Crippen LogP contribution in [-0.4, -0.2) is 83.7 Å². The average Bonchev–Trinajstić information content (AvgIpc) is 3.07. The van der Waals surface area contributed by atoms with E-state index in [1.807, 2.05) is 0 Å². The van der Waals surface area contributed by atoms with Gasteiger partial charge in [0.05, 0.1) is 12.9 Å². The number of nitrogen functional groups attached to an aromatic ring is 1. The number of rotatable bonds is 6. The zero-order chi connectivity index (χ0) is 20.0. The predicted molar refractivity (Wildman–Crippen MR) is 101 cm³/mol. The molecular weight excluding hydrogens is 400 g/mol. The molecule has 0 bridgehead atoms. The number of aromatic nitrogens is 4. The summed E-state index contributed by atoms with van der Waals surface area (Å²) >= 11 is 0. The third-order valence-electron chi connectivity index (χ3n) is 3.81. The van der Waals surface area contributed by atoms with Crippen LogP contribution in [0.25, 0.3) is 11.2 Å². The Hall–Kier alpha value is -1.33. The summed E-state index contributed by atoms with van der Waals surface area (Å²) in [6.45, 7) is 1.25. The fraction of sp³-hybridized carbons (Fsp3) is 0.462. The van der Waals surface area contributed by atoms with E-state index in [9.17, 15) is 20.0 Å². The van der Waals surface area contributed by atoms with Gasteiger partial charge in [0, 0.05) is 6.66 Å². The quantitative estimate of drug-likeness (QED) is 0.367. The molecule has 0 saturated carbocycles. The molecule has 5 unspecified atom stereocenters. The van der Waals surface area contributed by atoms with Crippen molar-refractivity contribution in [3.63, 3.8) is 0 Å². The Kier molecular flexibility index (Phi) is 5.48. The van der Waals surface area contributed by atoms with E-state index in [0.29, 0.717) is 11.2 Å².